The first-order valence-electron chi connectivity index (χ1n) is 4.84. The van der Waals surface area contributed by atoms with Crippen LogP contribution >= 0.6 is 0 Å². The molecule has 3 heteroatoms. The molecule has 0 aromatic heterocycles. The molecular weight excluding hydrogens is 154 g/mol. The van der Waals surface area contributed by atoms with E-state index in [0.717, 1.165) is 39.0 Å². The number of hydrogen-bond donors (Lipinski definition) is 1. The zero-order chi connectivity index (χ0) is 8.23. The second-order valence-electron chi connectivity index (χ2n) is 3.70. The standard InChI is InChI=1S/C9H17NO2/c1-2-9(1)10-5-8-6-11-3-4-12-7-8/h8-10H,1-7H2. The Morgan fingerprint density at radius 3 is 2.33 bits per heavy atom. The summed E-state index contributed by atoms with van der Waals surface area (Å²) in [6.07, 6.45) is 2.71. The zero-order valence-corrected chi connectivity index (χ0v) is 7.42. The van der Waals surface area contributed by atoms with E-state index >= 15 is 0 Å². The van der Waals surface area contributed by atoms with Gasteiger partial charge in [-0.05, 0) is 12.8 Å². The van der Waals surface area contributed by atoms with Crippen molar-refractivity contribution in [1.82, 2.24) is 5.32 Å². The van der Waals surface area contributed by atoms with Gasteiger partial charge >= 0.3 is 0 Å². The van der Waals surface area contributed by atoms with Gasteiger partial charge in [-0.25, -0.2) is 0 Å². The number of hydrogen-bond acceptors (Lipinski definition) is 3. The third-order valence-electron chi connectivity index (χ3n) is 2.35. The zero-order valence-electron chi connectivity index (χ0n) is 7.42. The van der Waals surface area contributed by atoms with Crippen molar-refractivity contribution in [3.05, 3.63) is 0 Å². The van der Waals surface area contributed by atoms with Crippen LogP contribution in [0.4, 0.5) is 0 Å². The lowest BCUT2D eigenvalue weighted by atomic mass is 10.2. The molecule has 0 unspecified atom stereocenters. The van der Waals surface area contributed by atoms with Crippen LogP contribution in [0.15, 0.2) is 0 Å². The van der Waals surface area contributed by atoms with E-state index in [0.29, 0.717) is 5.92 Å². The van der Waals surface area contributed by atoms with E-state index in [9.17, 15) is 0 Å². The van der Waals surface area contributed by atoms with E-state index in [1.54, 1.807) is 0 Å². The molecule has 0 amide bonds. The quantitative estimate of drug-likeness (QED) is 0.667. The van der Waals surface area contributed by atoms with Crippen molar-refractivity contribution in [3.8, 4) is 0 Å². The predicted octanol–water partition coefficient (Wildman–Crippen LogP) is 0.401. The van der Waals surface area contributed by atoms with Gasteiger partial charge in [0.15, 0.2) is 0 Å². The highest BCUT2D eigenvalue weighted by Crippen LogP contribution is 2.19. The molecule has 1 aliphatic heterocycles. The monoisotopic (exact) mass is 171 g/mol. The summed E-state index contributed by atoms with van der Waals surface area (Å²) < 4.78 is 10.8. The van der Waals surface area contributed by atoms with Crippen LogP contribution in [0.1, 0.15) is 12.8 Å². The first kappa shape index (κ1) is 8.48. The second-order valence-corrected chi connectivity index (χ2v) is 3.70. The Hall–Kier alpha value is -0.120. The summed E-state index contributed by atoms with van der Waals surface area (Å²) in [7, 11) is 0. The highest BCUT2D eigenvalue weighted by Gasteiger charge is 2.22. The Morgan fingerprint density at radius 1 is 1.08 bits per heavy atom. The molecule has 1 saturated carbocycles. The molecule has 1 heterocycles. The minimum Gasteiger partial charge on any atom is -0.379 e. The van der Waals surface area contributed by atoms with Crippen molar-refractivity contribution >= 4 is 0 Å². The highest BCUT2D eigenvalue weighted by molar-refractivity contribution is 4.81. The van der Waals surface area contributed by atoms with E-state index in [-0.39, 0.29) is 0 Å². The van der Waals surface area contributed by atoms with Crippen LogP contribution in [0.5, 0.6) is 0 Å². The average Bonchev–Trinajstić information content (AvgIpc) is 2.90. The lowest BCUT2D eigenvalue weighted by Gasteiger charge is -2.13. The third-order valence-corrected chi connectivity index (χ3v) is 2.35. The fraction of sp³-hybridized carbons (Fsp3) is 1.00. The van der Waals surface area contributed by atoms with Crippen LogP contribution in [0.2, 0.25) is 0 Å². The largest absolute Gasteiger partial charge is 0.379 e. The van der Waals surface area contributed by atoms with Crippen LogP contribution < -0.4 is 5.32 Å². The van der Waals surface area contributed by atoms with Gasteiger partial charge < -0.3 is 14.8 Å². The Balaban J connectivity index is 1.62. The minimum atomic E-state index is 0.563. The Morgan fingerprint density at radius 2 is 1.75 bits per heavy atom. The van der Waals surface area contributed by atoms with Gasteiger partial charge in [0.2, 0.25) is 0 Å². The smallest absolute Gasteiger partial charge is 0.0700 e. The van der Waals surface area contributed by atoms with Crippen molar-refractivity contribution in [2.75, 3.05) is 33.0 Å². The topological polar surface area (TPSA) is 30.5 Å². The summed E-state index contributed by atoms with van der Waals surface area (Å²) in [6.45, 7) is 4.31. The Bertz CT molecular complexity index is 128. The molecule has 3 nitrogen and oxygen atoms in total. The summed E-state index contributed by atoms with van der Waals surface area (Å²) in [6, 6.07) is 0.799. The normalized spacial score (nSPS) is 27.0. The van der Waals surface area contributed by atoms with Gasteiger partial charge in [0, 0.05) is 18.5 Å². The molecule has 1 N–H and O–H groups in total. The second kappa shape index (κ2) is 4.21. The maximum absolute atomic E-state index is 5.39. The number of rotatable bonds is 3. The average molecular weight is 171 g/mol. The van der Waals surface area contributed by atoms with Crippen molar-refractivity contribution in [1.29, 1.82) is 0 Å². The molecule has 2 fully saturated rings. The van der Waals surface area contributed by atoms with Crippen LogP contribution in [0, 0.1) is 5.92 Å². The van der Waals surface area contributed by atoms with E-state index in [4.69, 9.17) is 9.47 Å². The summed E-state index contributed by atoms with van der Waals surface area (Å²) in [5, 5.41) is 3.49. The van der Waals surface area contributed by atoms with Gasteiger partial charge in [0.25, 0.3) is 0 Å². The SMILES string of the molecule is C1COCC(CNC2CC2)CO1. The van der Waals surface area contributed by atoms with Gasteiger partial charge in [-0.3, -0.25) is 0 Å². The lowest BCUT2D eigenvalue weighted by molar-refractivity contribution is 0.103. The first-order valence-corrected chi connectivity index (χ1v) is 4.84. The van der Waals surface area contributed by atoms with Gasteiger partial charge in [-0.1, -0.05) is 0 Å². The summed E-state index contributed by atoms with van der Waals surface area (Å²) in [5.41, 5.74) is 0. The molecule has 70 valence electrons. The summed E-state index contributed by atoms with van der Waals surface area (Å²) >= 11 is 0. The van der Waals surface area contributed by atoms with Crippen molar-refractivity contribution in [3.63, 3.8) is 0 Å². The van der Waals surface area contributed by atoms with Gasteiger partial charge in [0.1, 0.15) is 0 Å². The van der Waals surface area contributed by atoms with Gasteiger partial charge in [0.05, 0.1) is 26.4 Å². The summed E-state index contributed by atoms with van der Waals surface area (Å²) in [5.74, 6) is 0.563. The van der Waals surface area contributed by atoms with Crippen molar-refractivity contribution in [2.24, 2.45) is 5.92 Å². The first-order chi connectivity index (χ1) is 5.95. The fourth-order valence-corrected chi connectivity index (χ4v) is 1.40. The molecule has 2 rings (SSSR count). The minimum absolute atomic E-state index is 0.563. The maximum atomic E-state index is 5.39. The van der Waals surface area contributed by atoms with Gasteiger partial charge in [-0.2, -0.15) is 0 Å². The van der Waals surface area contributed by atoms with Crippen molar-refractivity contribution < 1.29 is 9.47 Å². The molecular formula is C9H17NO2. The molecule has 0 radical (unpaired) electrons. The molecule has 12 heavy (non-hydrogen) atoms. The molecule has 0 spiro atoms. The molecule has 0 bridgehead atoms. The Labute approximate surface area is 73.4 Å². The molecule has 0 aromatic rings. The van der Waals surface area contributed by atoms with Crippen LogP contribution in [0.25, 0.3) is 0 Å². The molecule has 1 aliphatic carbocycles. The predicted molar refractivity (Wildman–Crippen MR) is 46.2 cm³/mol. The van der Waals surface area contributed by atoms with E-state index in [1.165, 1.54) is 12.8 Å². The maximum Gasteiger partial charge on any atom is 0.0700 e. The fourth-order valence-electron chi connectivity index (χ4n) is 1.40. The highest BCUT2D eigenvalue weighted by atomic mass is 16.5. The number of nitrogens with one attached hydrogen (secondary N) is 1. The molecule has 0 aromatic carbocycles. The van der Waals surface area contributed by atoms with E-state index in [2.05, 4.69) is 5.32 Å². The van der Waals surface area contributed by atoms with Crippen LogP contribution in [-0.4, -0.2) is 39.0 Å². The summed E-state index contributed by atoms with van der Waals surface area (Å²) in [4.78, 5) is 0. The van der Waals surface area contributed by atoms with Gasteiger partial charge in [-0.15, -0.1) is 0 Å². The van der Waals surface area contributed by atoms with E-state index in [1.807, 2.05) is 0 Å². The Kier molecular flexibility index (Phi) is 2.98. The van der Waals surface area contributed by atoms with Crippen molar-refractivity contribution in [2.45, 2.75) is 18.9 Å². The van der Waals surface area contributed by atoms with E-state index < -0.39 is 0 Å². The molecule has 1 saturated heterocycles. The number of ether oxygens (including phenoxy) is 2. The third kappa shape index (κ3) is 2.73. The van der Waals surface area contributed by atoms with Crippen LogP contribution in [-0.2, 0) is 9.47 Å². The van der Waals surface area contributed by atoms with Crippen LogP contribution in [0.3, 0.4) is 0 Å². The lowest BCUT2D eigenvalue weighted by Crippen LogP contribution is -2.29. The molecule has 0 atom stereocenters. The molecule has 2 aliphatic rings.